The second-order valence-electron chi connectivity index (χ2n) is 5.48. The molecule has 0 heterocycles. The highest BCUT2D eigenvalue weighted by atomic mass is 16.5. The first kappa shape index (κ1) is 15.2. The standard InChI is InChI=1S/C15H26N2O/c1-15(2,18-4)8-9-17(3)12-14-7-5-6-13(10-14)11-16/h5-7,10H,8-9,11-12,16H2,1-4H3. The van der Waals surface area contributed by atoms with Gasteiger partial charge in [-0.15, -0.1) is 0 Å². The van der Waals surface area contributed by atoms with Crippen LogP contribution in [0, 0.1) is 0 Å². The van der Waals surface area contributed by atoms with E-state index < -0.39 is 0 Å². The first-order valence-corrected chi connectivity index (χ1v) is 6.48. The Kier molecular flexibility index (Phi) is 5.79. The lowest BCUT2D eigenvalue weighted by Gasteiger charge is -2.26. The van der Waals surface area contributed by atoms with Crippen LogP contribution in [0.4, 0.5) is 0 Å². The highest BCUT2D eigenvalue weighted by molar-refractivity contribution is 5.23. The van der Waals surface area contributed by atoms with Gasteiger partial charge in [0.1, 0.15) is 0 Å². The fourth-order valence-electron chi connectivity index (χ4n) is 1.81. The molecule has 0 aliphatic heterocycles. The fraction of sp³-hybridized carbons (Fsp3) is 0.600. The zero-order valence-electron chi connectivity index (χ0n) is 12.1. The molecule has 0 radical (unpaired) electrons. The zero-order chi connectivity index (χ0) is 13.6. The molecular formula is C15H26N2O. The van der Waals surface area contributed by atoms with E-state index in [9.17, 15) is 0 Å². The van der Waals surface area contributed by atoms with Crippen molar-refractivity contribution in [1.82, 2.24) is 4.90 Å². The van der Waals surface area contributed by atoms with Gasteiger partial charge in [-0.2, -0.15) is 0 Å². The number of ether oxygens (including phenoxy) is 1. The lowest BCUT2D eigenvalue weighted by molar-refractivity contribution is 0.00866. The lowest BCUT2D eigenvalue weighted by atomic mass is 10.0. The summed E-state index contributed by atoms with van der Waals surface area (Å²) in [6.45, 7) is 6.82. The summed E-state index contributed by atoms with van der Waals surface area (Å²) in [4.78, 5) is 2.32. The highest BCUT2D eigenvalue weighted by Crippen LogP contribution is 2.14. The minimum absolute atomic E-state index is 0.0482. The number of rotatable bonds is 7. The van der Waals surface area contributed by atoms with Crippen LogP contribution in [0.25, 0.3) is 0 Å². The number of hydrogen-bond donors (Lipinski definition) is 1. The van der Waals surface area contributed by atoms with Crippen LogP contribution in [0.15, 0.2) is 24.3 Å². The van der Waals surface area contributed by atoms with Crippen molar-refractivity contribution in [2.75, 3.05) is 20.7 Å². The molecule has 0 saturated carbocycles. The first-order valence-electron chi connectivity index (χ1n) is 6.48. The van der Waals surface area contributed by atoms with Crippen LogP contribution in [0.5, 0.6) is 0 Å². The molecule has 1 aromatic rings. The van der Waals surface area contributed by atoms with Gasteiger partial charge < -0.3 is 15.4 Å². The fourth-order valence-corrected chi connectivity index (χ4v) is 1.81. The molecule has 2 N–H and O–H groups in total. The molecule has 0 atom stereocenters. The third-order valence-corrected chi connectivity index (χ3v) is 3.33. The minimum Gasteiger partial charge on any atom is -0.379 e. The molecule has 102 valence electrons. The molecule has 0 unspecified atom stereocenters. The van der Waals surface area contributed by atoms with Crippen molar-refractivity contribution < 1.29 is 4.74 Å². The Bertz CT molecular complexity index is 363. The number of nitrogens with two attached hydrogens (primary N) is 1. The summed E-state index contributed by atoms with van der Waals surface area (Å²) in [5.41, 5.74) is 8.11. The molecule has 0 bridgehead atoms. The Labute approximate surface area is 111 Å². The van der Waals surface area contributed by atoms with E-state index in [2.05, 4.69) is 50.1 Å². The predicted octanol–water partition coefficient (Wildman–Crippen LogP) is 2.39. The van der Waals surface area contributed by atoms with Crippen molar-refractivity contribution in [2.24, 2.45) is 5.73 Å². The normalized spacial score (nSPS) is 12.1. The topological polar surface area (TPSA) is 38.5 Å². The van der Waals surface area contributed by atoms with Gasteiger partial charge in [0.2, 0.25) is 0 Å². The Balaban J connectivity index is 2.46. The van der Waals surface area contributed by atoms with Crippen LogP contribution in [0.3, 0.4) is 0 Å². The number of benzene rings is 1. The summed E-state index contributed by atoms with van der Waals surface area (Å²) in [7, 11) is 3.91. The van der Waals surface area contributed by atoms with Crippen LogP contribution in [0.2, 0.25) is 0 Å². The van der Waals surface area contributed by atoms with Crippen LogP contribution < -0.4 is 5.73 Å². The second-order valence-corrected chi connectivity index (χ2v) is 5.48. The monoisotopic (exact) mass is 250 g/mol. The maximum atomic E-state index is 5.65. The summed E-state index contributed by atoms with van der Waals surface area (Å²) in [5.74, 6) is 0. The van der Waals surface area contributed by atoms with Crippen molar-refractivity contribution in [3.8, 4) is 0 Å². The third-order valence-electron chi connectivity index (χ3n) is 3.33. The summed E-state index contributed by atoms with van der Waals surface area (Å²) in [6.07, 6.45) is 1.02. The smallest absolute Gasteiger partial charge is 0.0634 e. The lowest BCUT2D eigenvalue weighted by Crippen LogP contribution is -2.30. The molecule has 3 nitrogen and oxygen atoms in total. The maximum absolute atomic E-state index is 5.65. The van der Waals surface area contributed by atoms with Crippen molar-refractivity contribution in [2.45, 2.75) is 39.0 Å². The Morgan fingerprint density at radius 2 is 1.94 bits per heavy atom. The number of hydrogen-bond acceptors (Lipinski definition) is 3. The van der Waals surface area contributed by atoms with Crippen LogP contribution in [-0.2, 0) is 17.8 Å². The largest absolute Gasteiger partial charge is 0.379 e. The average Bonchev–Trinajstić information content (AvgIpc) is 2.37. The van der Waals surface area contributed by atoms with E-state index in [1.807, 2.05) is 0 Å². The average molecular weight is 250 g/mol. The highest BCUT2D eigenvalue weighted by Gasteiger charge is 2.16. The third kappa shape index (κ3) is 5.17. The Morgan fingerprint density at radius 1 is 1.28 bits per heavy atom. The molecule has 3 heteroatoms. The number of nitrogens with zero attached hydrogens (tertiary/aromatic N) is 1. The van der Waals surface area contributed by atoms with E-state index in [0.717, 1.165) is 19.5 Å². The molecular weight excluding hydrogens is 224 g/mol. The quantitative estimate of drug-likeness (QED) is 0.807. The van der Waals surface area contributed by atoms with Crippen LogP contribution in [-0.4, -0.2) is 31.2 Å². The van der Waals surface area contributed by atoms with E-state index in [1.165, 1.54) is 11.1 Å². The Morgan fingerprint density at radius 3 is 2.56 bits per heavy atom. The predicted molar refractivity (Wildman–Crippen MR) is 76.4 cm³/mol. The first-order chi connectivity index (χ1) is 8.46. The molecule has 0 fully saturated rings. The van der Waals surface area contributed by atoms with E-state index in [0.29, 0.717) is 6.54 Å². The zero-order valence-corrected chi connectivity index (χ0v) is 12.1. The minimum atomic E-state index is -0.0482. The molecule has 0 amide bonds. The summed E-state index contributed by atoms with van der Waals surface area (Å²) < 4.78 is 5.43. The summed E-state index contributed by atoms with van der Waals surface area (Å²) in [5, 5.41) is 0. The Hall–Kier alpha value is -0.900. The second kappa shape index (κ2) is 6.88. The SMILES string of the molecule is COC(C)(C)CCN(C)Cc1cccc(CN)c1. The van der Waals surface area contributed by atoms with Crippen molar-refractivity contribution in [1.29, 1.82) is 0 Å². The molecule has 0 saturated heterocycles. The van der Waals surface area contributed by atoms with Crippen molar-refractivity contribution in [3.63, 3.8) is 0 Å². The molecule has 0 aromatic heterocycles. The van der Waals surface area contributed by atoms with E-state index in [-0.39, 0.29) is 5.60 Å². The van der Waals surface area contributed by atoms with Gasteiger partial charge in [-0.3, -0.25) is 0 Å². The van der Waals surface area contributed by atoms with E-state index >= 15 is 0 Å². The van der Waals surface area contributed by atoms with Gasteiger partial charge in [0.15, 0.2) is 0 Å². The van der Waals surface area contributed by atoms with Gasteiger partial charge in [0, 0.05) is 26.7 Å². The molecule has 0 spiro atoms. The number of methoxy groups -OCH3 is 1. The van der Waals surface area contributed by atoms with E-state index in [4.69, 9.17) is 10.5 Å². The van der Waals surface area contributed by atoms with Crippen molar-refractivity contribution in [3.05, 3.63) is 35.4 Å². The summed E-state index contributed by atoms with van der Waals surface area (Å²) >= 11 is 0. The molecule has 18 heavy (non-hydrogen) atoms. The van der Waals surface area contributed by atoms with Gasteiger partial charge in [-0.1, -0.05) is 24.3 Å². The summed E-state index contributed by atoms with van der Waals surface area (Å²) in [6, 6.07) is 8.47. The molecule has 1 rings (SSSR count). The maximum Gasteiger partial charge on any atom is 0.0634 e. The van der Waals surface area contributed by atoms with E-state index in [1.54, 1.807) is 7.11 Å². The van der Waals surface area contributed by atoms with Gasteiger partial charge in [0.25, 0.3) is 0 Å². The van der Waals surface area contributed by atoms with Gasteiger partial charge in [-0.25, -0.2) is 0 Å². The van der Waals surface area contributed by atoms with Gasteiger partial charge >= 0.3 is 0 Å². The van der Waals surface area contributed by atoms with Gasteiger partial charge in [0.05, 0.1) is 5.60 Å². The van der Waals surface area contributed by atoms with Crippen LogP contribution in [0.1, 0.15) is 31.4 Å². The molecule has 0 aliphatic carbocycles. The van der Waals surface area contributed by atoms with Crippen LogP contribution >= 0.6 is 0 Å². The molecule has 1 aromatic carbocycles. The van der Waals surface area contributed by atoms with Crippen molar-refractivity contribution >= 4 is 0 Å². The van der Waals surface area contributed by atoms with Gasteiger partial charge in [-0.05, 0) is 38.4 Å². The molecule has 0 aliphatic rings.